The Morgan fingerprint density at radius 2 is 2.07 bits per heavy atom. The minimum absolute atomic E-state index is 0.0315. The van der Waals surface area contributed by atoms with E-state index in [9.17, 15) is 4.79 Å². The predicted molar refractivity (Wildman–Crippen MR) is 121 cm³/mol. The number of anilines is 1. The van der Waals surface area contributed by atoms with Crippen molar-refractivity contribution in [3.8, 4) is 0 Å². The molecule has 0 unspecified atom stereocenters. The number of aromatic nitrogens is 2. The van der Waals surface area contributed by atoms with Gasteiger partial charge in [0, 0.05) is 30.1 Å². The highest BCUT2D eigenvalue weighted by atomic mass is 32.2. The van der Waals surface area contributed by atoms with E-state index in [2.05, 4.69) is 50.7 Å². The molecule has 1 amide bonds. The fourth-order valence-corrected chi connectivity index (χ4v) is 4.46. The SMILES string of the molecule is CSc1ccc(CCNC(=O)[C@@H]2CCCN(c3ncnc4oc(C)c(C)c34)C2)cc1. The topological polar surface area (TPSA) is 71.3 Å². The van der Waals surface area contributed by atoms with E-state index < -0.39 is 0 Å². The maximum absolute atomic E-state index is 12.8. The second-order valence-corrected chi connectivity index (χ2v) is 8.71. The van der Waals surface area contributed by atoms with E-state index in [1.165, 1.54) is 10.5 Å². The summed E-state index contributed by atoms with van der Waals surface area (Å²) in [6.45, 7) is 6.20. The first-order chi connectivity index (χ1) is 14.6. The lowest BCUT2D eigenvalue weighted by Gasteiger charge is -2.33. The number of rotatable bonds is 6. The molecule has 2 aromatic heterocycles. The summed E-state index contributed by atoms with van der Waals surface area (Å²) < 4.78 is 5.76. The van der Waals surface area contributed by atoms with Gasteiger partial charge >= 0.3 is 0 Å². The minimum atomic E-state index is -0.0315. The Morgan fingerprint density at radius 1 is 1.27 bits per heavy atom. The van der Waals surface area contributed by atoms with Crippen LogP contribution in [0.4, 0.5) is 5.82 Å². The number of furan rings is 1. The van der Waals surface area contributed by atoms with Crippen molar-refractivity contribution in [2.24, 2.45) is 5.92 Å². The van der Waals surface area contributed by atoms with Gasteiger partial charge in [-0.1, -0.05) is 12.1 Å². The predicted octanol–water partition coefficient (Wildman–Crippen LogP) is 4.14. The standard InChI is InChI=1S/C23H28N4O2S/c1-15-16(2)29-23-20(15)21(25-14-26-23)27-12-4-5-18(13-27)22(28)24-11-10-17-6-8-19(30-3)9-7-17/h6-9,14,18H,4-5,10-13H2,1-3H3,(H,24,28)/t18-/m1/s1. The third-order valence-electron chi connectivity index (χ3n) is 5.91. The van der Waals surface area contributed by atoms with Gasteiger partial charge in [0.1, 0.15) is 17.9 Å². The highest BCUT2D eigenvalue weighted by Gasteiger charge is 2.28. The fraction of sp³-hybridized carbons (Fsp3) is 0.435. The molecule has 1 N–H and O–H groups in total. The van der Waals surface area contributed by atoms with Crippen LogP contribution in [0.2, 0.25) is 0 Å². The number of nitrogens with one attached hydrogen (secondary N) is 1. The largest absolute Gasteiger partial charge is 0.443 e. The van der Waals surface area contributed by atoms with Crippen molar-refractivity contribution >= 4 is 34.6 Å². The van der Waals surface area contributed by atoms with Crippen LogP contribution >= 0.6 is 11.8 Å². The Morgan fingerprint density at radius 3 is 2.83 bits per heavy atom. The molecule has 30 heavy (non-hydrogen) atoms. The van der Waals surface area contributed by atoms with E-state index in [-0.39, 0.29) is 11.8 Å². The summed E-state index contributed by atoms with van der Waals surface area (Å²) in [5.74, 6) is 1.84. The highest BCUT2D eigenvalue weighted by Crippen LogP contribution is 2.32. The molecule has 0 bridgehead atoms. The quantitative estimate of drug-likeness (QED) is 0.600. The zero-order valence-corrected chi connectivity index (χ0v) is 18.6. The van der Waals surface area contributed by atoms with Gasteiger partial charge in [0.25, 0.3) is 0 Å². The van der Waals surface area contributed by atoms with Gasteiger partial charge in [-0.15, -0.1) is 11.8 Å². The summed E-state index contributed by atoms with van der Waals surface area (Å²) in [7, 11) is 0. The number of thioether (sulfide) groups is 1. The van der Waals surface area contributed by atoms with E-state index in [1.54, 1.807) is 18.1 Å². The average molecular weight is 425 g/mol. The van der Waals surface area contributed by atoms with E-state index in [0.717, 1.165) is 48.3 Å². The number of piperidine rings is 1. The van der Waals surface area contributed by atoms with Gasteiger partial charge in [0.15, 0.2) is 0 Å². The summed E-state index contributed by atoms with van der Waals surface area (Å²) in [4.78, 5) is 25.1. The summed E-state index contributed by atoms with van der Waals surface area (Å²) in [5, 5.41) is 4.09. The van der Waals surface area contributed by atoms with Crippen LogP contribution in [0, 0.1) is 19.8 Å². The van der Waals surface area contributed by atoms with Crippen molar-refractivity contribution in [3.05, 3.63) is 47.5 Å². The van der Waals surface area contributed by atoms with Gasteiger partial charge in [-0.25, -0.2) is 9.97 Å². The lowest BCUT2D eigenvalue weighted by Crippen LogP contribution is -2.43. The maximum atomic E-state index is 12.8. The molecule has 1 atom stereocenters. The molecule has 0 spiro atoms. The third-order valence-corrected chi connectivity index (χ3v) is 6.65. The normalized spacial score (nSPS) is 16.8. The Labute approximate surface area is 181 Å². The number of carbonyl (C=O) groups is 1. The van der Waals surface area contributed by atoms with Gasteiger partial charge in [-0.3, -0.25) is 4.79 Å². The van der Waals surface area contributed by atoms with E-state index >= 15 is 0 Å². The molecule has 1 aliphatic rings. The Hall–Kier alpha value is -2.54. The number of aryl methyl sites for hydroxylation is 2. The van der Waals surface area contributed by atoms with Crippen LogP contribution in [0.25, 0.3) is 11.1 Å². The Kier molecular flexibility index (Phi) is 6.27. The molecule has 1 fully saturated rings. The molecule has 3 aromatic rings. The van der Waals surface area contributed by atoms with Crippen molar-refractivity contribution in [2.75, 3.05) is 30.8 Å². The number of benzene rings is 1. The van der Waals surface area contributed by atoms with E-state index in [4.69, 9.17) is 4.42 Å². The molecular weight excluding hydrogens is 396 g/mol. The molecule has 3 heterocycles. The molecule has 158 valence electrons. The first-order valence-electron chi connectivity index (χ1n) is 10.4. The van der Waals surface area contributed by atoms with Crippen molar-refractivity contribution in [1.29, 1.82) is 0 Å². The number of fused-ring (bicyclic) bond motifs is 1. The van der Waals surface area contributed by atoms with Crippen molar-refractivity contribution in [2.45, 2.75) is 38.0 Å². The fourth-order valence-electron chi connectivity index (χ4n) is 4.05. The number of carbonyl (C=O) groups excluding carboxylic acids is 1. The number of amides is 1. The van der Waals surface area contributed by atoms with Gasteiger partial charge in [0.2, 0.25) is 11.6 Å². The first kappa shape index (κ1) is 20.7. The highest BCUT2D eigenvalue weighted by molar-refractivity contribution is 7.98. The average Bonchev–Trinajstić information content (AvgIpc) is 3.08. The smallest absolute Gasteiger partial charge is 0.231 e. The molecule has 0 radical (unpaired) electrons. The van der Waals surface area contributed by atoms with Crippen LogP contribution in [0.5, 0.6) is 0 Å². The molecule has 0 aliphatic carbocycles. The molecule has 6 nitrogen and oxygen atoms in total. The van der Waals surface area contributed by atoms with Crippen molar-refractivity contribution in [3.63, 3.8) is 0 Å². The summed E-state index contributed by atoms with van der Waals surface area (Å²) in [5.41, 5.74) is 2.93. The Bertz CT molecular complexity index is 1030. The molecule has 7 heteroatoms. The molecule has 4 rings (SSSR count). The van der Waals surface area contributed by atoms with Crippen LogP contribution < -0.4 is 10.2 Å². The number of nitrogens with zero attached hydrogens (tertiary/aromatic N) is 3. The van der Waals surface area contributed by atoms with Crippen LogP contribution in [0.3, 0.4) is 0 Å². The number of hydrogen-bond acceptors (Lipinski definition) is 6. The van der Waals surface area contributed by atoms with Gasteiger partial charge < -0.3 is 14.6 Å². The molecule has 1 saturated heterocycles. The number of hydrogen-bond donors (Lipinski definition) is 1. The van der Waals surface area contributed by atoms with Crippen LogP contribution in [0.15, 0.2) is 39.9 Å². The van der Waals surface area contributed by atoms with Crippen LogP contribution in [0.1, 0.15) is 29.7 Å². The summed E-state index contributed by atoms with van der Waals surface area (Å²) >= 11 is 1.74. The lowest BCUT2D eigenvalue weighted by atomic mass is 9.96. The zero-order chi connectivity index (χ0) is 21.1. The second-order valence-electron chi connectivity index (χ2n) is 7.83. The molecule has 0 saturated carbocycles. The van der Waals surface area contributed by atoms with Gasteiger partial charge in [-0.05, 0) is 57.1 Å². The van der Waals surface area contributed by atoms with Gasteiger partial charge in [-0.2, -0.15) is 0 Å². The summed E-state index contributed by atoms with van der Waals surface area (Å²) in [6.07, 6.45) is 6.34. The maximum Gasteiger partial charge on any atom is 0.231 e. The van der Waals surface area contributed by atoms with Crippen molar-refractivity contribution < 1.29 is 9.21 Å². The van der Waals surface area contributed by atoms with E-state index in [0.29, 0.717) is 18.8 Å². The zero-order valence-electron chi connectivity index (χ0n) is 17.8. The van der Waals surface area contributed by atoms with Gasteiger partial charge in [0.05, 0.1) is 11.3 Å². The first-order valence-corrected chi connectivity index (χ1v) is 11.7. The molecule has 1 aliphatic heterocycles. The van der Waals surface area contributed by atoms with Crippen LogP contribution in [-0.4, -0.2) is 41.8 Å². The van der Waals surface area contributed by atoms with E-state index in [1.807, 2.05) is 13.8 Å². The summed E-state index contributed by atoms with van der Waals surface area (Å²) in [6, 6.07) is 8.53. The Balaban J connectivity index is 1.38. The minimum Gasteiger partial charge on any atom is -0.443 e. The lowest BCUT2D eigenvalue weighted by molar-refractivity contribution is -0.125. The molecular formula is C23H28N4O2S. The van der Waals surface area contributed by atoms with Crippen molar-refractivity contribution in [1.82, 2.24) is 15.3 Å². The third kappa shape index (κ3) is 4.31. The monoisotopic (exact) mass is 424 g/mol. The second kappa shape index (κ2) is 9.08. The van der Waals surface area contributed by atoms with Crippen LogP contribution in [-0.2, 0) is 11.2 Å². The molecule has 1 aromatic carbocycles.